The van der Waals surface area contributed by atoms with Crippen molar-refractivity contribution in [3.63, 3.8) is 0 Å². The number of ether oxygens (including phenoxy) is 1. The summed E-state index contributed by atoms with van der Waals surface area (Å²) in [7, 11) is 0. The topological polar surface area (TPSA) is 81.2 Å². The molecule has 6 nitrogen and oxygen atoms in total. The average molecular weight is 350 g/mol. The fourth-order valence-electron chi connectivity index (χ4n) is 2.89. The van der Waals surface area contributed by atoms with Crippen LogP contribution in [0.1, 0.15) is 41.9 Å². The normalized spacial score (nSPS) is 13.2. The van der Waals surface area contributed by atoms with Gasteiger partial charge in [-0.25, -0.2) is 22.9 Å². The molecule has 25 heavy (non-hydrogen) atoms. The molecule has 2 aromatic rings. The number of carbonyl (C=O) groups excluding carboxylic acids is 1. The van der Waals surface area contributed by atoms with Gasteiger partial charge in [0.25, 0.3) is 5.56 Å². The monoisotopic (exact) mass is 350 g/mol. The third-order valence-electron chi connectivity index (χ3n) is 3.98. The summed E-state index contributed by atoms with van der Waals surface area (Å²) in [5, 5.41) is 0. The number of hydrogen-bond acceptors (Lipinski definition) is 4. The average Bonchev–Trinajstić information content (AvgIpc) is 2.96. The number of aromatic nitrogens is 2. The third kappa shape index (κ3) is 2.99. The molecule has 0 aliphatic heterocycles. The van der Waals surface area contributed by atoms with Crippen LogP contribution in [-0.2, 0) is 17.6 Å². The van der Waals surface area contributed by atoms with Gasteiger partial charge in [0.1, 0.15) is 11.6 Å². The number of nitrogens with one attached hydrogen (secondary N) is 1. The van der Waals surface area contributed by atoms with E-state index >= 15 is 0 Å². The van der Waals surface area contributed by atoms with Gasteiger partial charge in [0.2, 0.25) is 0 Å². The fourth-order valence-corrected chi connectivity index (χ4v) is 2.89. The Hall–Kier alpha value is -2.77. The number of aryl methyl sites for hydroxylation is 1. The van der Waals surface area contributed by atoms with Crippen molar-refractivity contribution in [2.45, 2.75) is 39.2 Å². The summed E-state index contributed by atoms with van der Waals surface area (Å²) in [4.78, 5) is 39.3. The molecule has 1 aliphatic carbocycles. The second-order valence-electron chi connectivity index (χ2n) is 6.12. The van der Waals surface area contributed by atoms with Crippen LogP contribution < -0.4 is 11.2 Å². The van der Waals surface area contributed by atoms with E-state index in [2.05, 4.69) is 4.98 Å². The molecule has 0 atom stereocenters. The molecule has 132 valence electrons. The number of fused-ring (bicyclic) bond motifs is 1. The van der Waals surface area contributed by atoms with Crippen LogP contribution in [0, 0.1) is 11.6 Å². The second-order valence-corrected chi connectivity index (χ2v) is 6.12. The number of rotatable bonds is 3. The van der Waals surface area contributed by atoms with Crippen molar-refractivity contribution in [2.75, 3.05) is 0 Å². The first-order valence-corrected chi connectivity index (χ1v) is 7.87. The van der Waals surface area contributed by atoms with Crippen LogP contribution in [0.25, 0.3) is 5.69 Å². The summed E-state index contributed by atoms with van der Waals surface area (Å²) in [6, 6.07) is 1.29. The molecule has 0 saturated heterocycles. The summed E-state index contributed by atoms with van der Waals surface area (Å²) in [5.74, 6) is -3.25. The molecule has 0 amide bonds. The predicted molar refractivity (Wildman–Crippen MR) is 85.2 cm³/mol. The zero-order chi connectivity index (χ0) is 18.3. The quantitative estimate of drug-likeness (QED) is 0.857. The maximum absolute atomic E-state index is 14.2. The van der Waals surface area contributed by atoms with E-state index in [4.69, 9.17) is 4.74 Å². The number of halogens is 2. The zero-order valence-electron chi connectivity index (χ0n) is 13.7. The fraction of sp³-hybridized carbons (Fsp3) is 0.353. The summed E-state index contributed by atoms with van der Waals surface area (Å²) >= 11 is 0. The molecule has 1 aliphatic rings. The van der Waals surface area contributed by atoms with E-state index in [1.54, 1.807) is 13.8 Å². The van der Waals surface area contributed by atoms with E-state index in [9.17, 15) is 23.2 Å². The van der Waals surface area contributed by atoms with Gasteiger partial charge in [-0.05, 0) is 39.2 Å². The van der Waals surface area contributed by atoms with Crippen molar-refractivity contribution in [3.8, 4) is 5.69 Å². The number of H-pyrrole nitrogens is 1. The number of aromatic amines is 1. The van der Waals surface area contributed by atoms with Crippen LogP contribution in [0.5, 0.6) is 0 Å². The SMILES string of the molecule is CC(C)OC(=O)c1cc(-n2c(=O)[nH]c3c(c2=O)CCC3)c(F)cc1F. The molecule has 1 aromatic carbocycles. The number of nitrogens with zero attached hydrogens (tertiary/aromatic N) is 1. The number of benzene rings is 1. The number of hydrogen-bond donors (Lipinski definition) is 1. The molecule has 1 aromatic heterocycles. The molecular weight excluding hydrogens is 334 g/mol. The van der Waals surface area contributed by atoms with Crippen LogP contribution in [0.3, 0.4) is 0 Å². The maximum atomic E-state index is 14.2. The first-order chi connectivity index (χ1) is 11.8. The Labute approximate surface area is 141 Å². The van der Waals surface area contributed by atoms with E-state index < -0.39 is 46.2 Å². The molecule has 0 radical (unpaired) electrons. The van der Waals surface area contributed by atoms with E-state index in [-0.39, 0.29) is 0 Å². The number of esters is 1. The first-order valence-electron chi connectivity index (χ1n) is 7.87. The van der Waals surface area contributed by atoms with Crippen LogP contribution in [-0.4, -0.2) is 21.6 Å². The van der Waals surface area contributed by atoms with Gasteiger partial charge < -0.3 is 9.72 Å². The van der Waals surface area contributed by atoms with Gasteiger partial charge in [0.15, 0.2) is 0 Å². The molecule has 0 spiro atoms. The standard InChI is InChI=1S/C17H16F2N2O4/c1-8(2)25-16(23)10-6-14(12(19)7-11(10)18)21-15(22)9-4-3-5-13(9)20-17(21)24/h6-8H,3-5H2,1-2H3,(H,20,24). The summed E-state index contributed by atoms with van der Waals surface area (Å²) < 4.78 is 33.7. The lowest BCUT2D eigenvalue weighted by atomic mass is 10.1. The molecular formula is C17H16F2N2O4. The van der Waals surface area contributed by atoms with Crippen molar-refractivity contribution in [2.24, 2.45) is 0 Å². The highest BCUT2D eigenvalue weighted by atomic mass is 19.1. The summed E-state index contributed by atoms with van der Waals surface area (Å²) in [5.41, 5.74) is -1.60. The van der Waals surface area contributed by atoms with Crippen molar-refractivity contribution >= 4 is 5.97 Å². The van der Waals surface area contributed by atoms with Gasteiger partial charge >= 0.3 is 11.7 Å². The Kier molecular flexibility index (Phi) is 4.28. The van der Waals surface area contributed by atoms with Gasteiger partial charge in [-0.2, -0.15) is 0 Å². The smallest absolute Gasteiger partial charge is 0.341 e. The van der Waals surface area contributed by atoms with E-state index in [0.29, 0.717) is 41.2 Å². The van der Waals surface area contributed by atoms with E-state index in [1.807, 2.05) is 0 Å². The van der Waals surface area contributed by atoms with Gasteiger partial charge in [0.05, 0.1) is 17.4 Å². The Morgan fingerprint density at radius 1 is 1.20 bits per heavy atom. The largest absolute Gasteiger partial charge is 0.459 e. The van der Waals surface area contributed by atoms with Gasteiger partial charge in [0, 0.05) is 17.3 Å². The minimum atomic E-state index is -1.13. The molecule has 3 rings (SSSR count). The zero-order valence-corrected chi connectivity index (χ0v) is 13.7. The van der Waals surface area contributed by atoms with Crippen molar-refractivity contribution < 1.29 is 18.3 Å². The van der Waals surface area contributed by atoms with Crippen LogP contribution in [0.4, 0.5) is 8.78 Å². The van der Waals surface area contributed by atoms with Crippen LogP contribution >= 0.6 is 0 Å². The van der Waals surface area contributed by atoms with E-state index in [0.717, 1.165) is 6.07 Å². The van der Waals surface area contributed by atoms with Crippen molar-refractivity contribution in [1.82, 2.24) is 9.55 Å². The lowest BCUT2D eigenvalue weighted by molar-refractivity contribution is 0.0372. The minimum Gasteiger partial charge on any atom is -0.459 e. The highest BCUT2D eigenvalue weighted by Crippen LogP contribution is 2.20. The number of carbonyl (C=O) groups is 1. The maximum Gasteiger partial charge on any atom is 0.341 e. The van der Waals surface area contributed by atoms with Gasteiger partial charge in [-0.15, -0.1) is 0 Å². The Bertz CT molecular complexity index is 976. The van der Waals surface area contributed by atoms with Crippen molar-refractivity contribution in [3.05, 3.63) is 61.4 Å². The van der Waals surface area contributed by atoms with Crippen LogP contribution in [0.15, 0.2) is 21.7 Å². The van der Waals surface area contributed by atoms with Crippen LogP contribution in [0.2, 0.25) is 0 Å². The summed E-state index contributed by atoms with van der Waals surface area (Å²) in [6.45, 7) is 3.16. The molecule has 8 heteroatoms. The Balaban J connectivity index is 2.21. The molecule has 1 N–H and O–H groups in total. The van der Waals surface area contributed by atoms with E-state index in [1.165, 1.54) is 0 Å². The van der Waals surface area contributed by atoms with Crippen molar-refractivity contribution in [1.29, 1.82) is 0 Å². The molecule has 0 saturated carbocycles. The third-order valence-corrected chi connectivity index (χ3v) is 3.98. The molecule has 0 fully saturated rings. The molecule has 0 unspecified atom stereocenters. The Morgan fingerprint density at radius 2 is 1.92 bits per heavy atom. The van der Waals surface area contributed by atoms with Gasteiger partial charge in [-0.1, -0.05) is 0 Å². The highest BCUT2D eigenvalue weighted by molar-refractivity contribution is 5.90. The lowest BCUT2D eigenvalue weighted by Crippen LogP contribution is -2.37. The minimum absolute atomic E-state index is 0.398. The predicted octanol–water partition coefficient (Wildman–Crippen LogP) is 1.86. The molecule has 1 heterocycles. The Morgan fingerprint density at radius 3 is 2.60 bits per heavy atom. The second kappa shape index (κ2) is 6.27. The summed E-state index contributed by atoms with van der Waals surface area (Å²) in [6.07, 6.45) is 1.24. The highest BCUT2D eigenvalue weighted by Gasteiger charge is 2.24. The molecule has 0 bridgehead atoms. The first kappa shape index (κ1) is 17.1. The van der Waals surface area contributed by atoms with Gasteiger partial charge in [-0.3, -0.25) is 4.79 Å². The lowest BCUT2D eigenvalue weighted by Gasteiger charge is -2.12.